The second kappa shape index (κ2) is 7.54. The molecule has 0 spiro atoms. The number of anilines is 1. The second-order valence-electron chi connectivity index (χ2n) is 7.21. The first-order chi connectivity index (χ1) is 13.5. The highest BCUT2D eigenvalue weighted by Crippen LogP contribution is 2.35. The van der Waals surface area contributed by atoms with Gasteiger partial charge in [-0.25, -0.2) is 9.18 Å². The van der Waals surface area contributed by atoms with E-state index >= 15 is 0 Å². The summed E-state index contributed by atoms with van der Waals surface area (Å²) in [7, 11) is 0. The van der Waals surface area contributed by atoms with E-state index in [9.17, 15) is 14.0 Å². The minimum Gasteiger partial charge on any atom is -0.336 e. The van der Waals surface area contributed by atoms with Crippen LogP contribution in [-0.2, 0) is 0 Å². The van der Waals surface area contributed by atoms with Gasteiger partial charge >= 0.3 is 6.03 Å². The SMILES string of the molecule is Cc1cc(C(=O)N2CCCC2c2ccc(Br)c(F)c2)ccc1N1CCNC1=O. The minimum atomic E-state index is -0.319. The summed E-state index contributed by atoms with van der Waals surface area (Å²) in [6.45, 7) is 3.80. The Morgan fingerprint density at radius 2 is 2.04 bits per heavy atom. The summed E-state index contributed by atoms with van der Waals surface area (Å²) in [6.07, 6.45) is 1.71. The van der Waals surface area contributed by atoms with Crippen molar-refractivity contribution in [2.45, 2.75) is 25.8 Å². The lowest BCUT2D eigenvalue weighted by molar-refractivity contribution is 0.0735. The zero-order chi connectivity index (χ0) is 19.8. The minimum absolute atomic E-state index is 0.0636. The van der Waals surface area contributed by atoms with E-state index in [1.807, 2.05) is 30.0 Å². The first kappa shape index (κ1) is 18.9. The summed E-state index contributed by atoms with van der Waals surface area (Å²) in [6, 6.07) is 10.3. The van der Waals surface area contributed by atoms with Gasteiger partial charge in [0.2, 0.25) is 0 Å². The number of aryl methyl sites for hydroxylation is 1. The summed E-state index contributed by atoms with van der Waals surface area (Å²) in [5.74, 6) is -0.382. The number of likely N-dealkylation sites (tertiary alicyclic amines) is 1. The number of benzene rings is 2. The first-order valence-electron chi connectivity index (χ1n) is 9.37. The van der Waals surface area contributed by atoms with Gasteiger partial charge in [0.15, 0.2) is 0 Å². The van der Waals surface area contributed by atoms with Gasteiger partial charge in [-0.3, -0.25) is 9.69 Å². The fourth-order valence-electron chi connectivity index (χ4n) is 4.03. The maximum absolute atomic E-state index is 14.0. The number of carbonyl (C=O) groups excluding carboxylic acids is 2. The quantitative estimate of drug-likeness (QED) is 0.760. The van der Waals surface area contributed by atoms with Gasteiger partial charge in [-0.1, -0.05) is 6.07 Å². The third kappa shape index (κ3) is 3.39. The number of carbonyl (C=O) groups is 2. The molecule has 1 unspecified atom stereocenters. The molecule has 0 radical (unpaired) electrons. The van der Waals surface area contributed by atoms with Crippen molar-refractivity contribution in [3.05, 3.63) is 63.4 Å². The fraction of sp³-hybridized carbons (Fsp3) is 0.333. The van der Waals surface area contributed by atoms with Crippen molar-refractivity contribution in [3.63, 3.8) is 0 Å². The first-order valence-corrected chi connectivity index (χ1v) is 10.2. The molecule has 0 bridgehead atoms. The van der Waals surface area contributed by atoms with Crippen molar-refractivity contribution in [2.24, 2.45) is 0 Å². The lowest BCUT2D eigenvalue weighted by atomic mass is 10.0. The zero-order valence-electron chi connectivity index (χ0n) is 15.5. The van der Waals surface area contributed by atoms with Crippen LogP contribution in [0.2, 0.25) is 0 Å². The van der Waals surface area contributed by atoms with E-state index in [0.29, 0.717) is 29.7 Å². The van der Waals surface area contributed by atoms with Crippen molar-refractivity contribution in [1.29, 1.82) is 0 Å². The Morgan fingerprint density at radius 3 is 2.71 bits per heavy atom. The summed E-state index contributed by atoms with van der Waals surface area (Å²) < 4.78 is 14.4. The van der Waals surface area contributed by atoms with Crippen LogP contribution in [0.5, 0.6) is 0 Å². The standard InChI is InChI=1S/C21H21BrFN3O2/c1-13-11-15(5-7-18(13)26-10-8-24-21(26)28)20(27)25-9-2-3-19(25)14-4-6-16(22)17(23)12-14/h4-7,11-12,19H,2-3,8-10H2,1H3,(H,24,28). The van der Waals surface area contributed by atoms with Crippen LogP contribution >= 0.6 is 15.9 Å². The molecule has 2 saturated heterocycles. The number of rotatable bonds is 3. The van der Waals surface area contributed by atoms with Crippen LogP contribution in [0, 0.1) is 12.7 Å². The molecular formula is C21H21BrFN3O2. The molecule has 1 atom stereocenters. The van der Waals surface area contributed by atoms with Crippen LogP contribution < -0.4 is 10.2 Å². The molecule has 2 fully saturated rings. The molecule has 2 aliphatic heterocycles. The molecule has 7 heteroatoms. The Hall–Kier alpha value is -2.41. The molecule has 1 N–H and O–H groups in total. The third-order valence-electron chi connectivity index (χ3n) is 5.43. The van der Waals surface area contributed by atoms with Gasteiger partial charge in [-0.2, -0.15) is 0 Å². The summed E-state index contributed by atoms with van der Waals surface area (Å²) in [5.41, 5.74) is 3.10. The summed E-state index contributed by atoms with van der Waals surface area (Å²) >= 11 is 3.18. The molecule has 28 heavy (non-hydrogen) atoms. The molecule has 0 aromatic heterocycles. The van der Waals surface area contributed by atoms with Gasteiger partial charge in [0.25, 0.3) is 5.91 Å². The van der Waals surface area contributed by atoms with Crippen molar-refractivity contribution in [2.75, 3.05) is 24.5 Å². The Labute approximate surface area is 171 Å². The molecule has 0 saturated carbocycles. The molecule has 2 aromatic carbocycles. The molecule has 146 valence electrons. The Balaban J connectivity index is 1.58. The van der Waals surface area contributed by atoms with Crippen LogP contribution in [0.4, 0.5) is 14.9 Å². The number of hydrogen-bond donors (Lipinski definition) is 1. The number of nitrogens with zero attached hydrogens (tertiary/aromatic N) is 2. The van der Waals surface area contributed by atoms with Gasteiger partial charge in [0.1, 0.15) is 5.82 Å². The second-order valence-corrected chi connectivity index (χ2v) is 8.07. The number of nitrogens with one attached hydrogen (secondary N) is 1. The monoisotopic (exact) mass is 445 g/mol. The average molecular weight is 446 g/mol. The lowest BCUT2D eigenvalue weighted by Crippen LogP contribution is -2.31. The van der Waals surface area contributed by atoms with E-state index in [1.54, 1.807) is 17.0 Å². The highest BCUT2D eigenvalue weighted by Gasteiger charge is 2.31. The highest BCUT2D eigenvalue weighted by molar-refractivity contribution is 9.10. The van der Waals surface area contributed by atoms with E-state index in [-0.39, 0.29) is 23.8 Å². The lowest BCUT2D eigenvalue weighted by Gasteiger charge is -2.26. The number of halogens is 2. The Kier molecular flexibility index (Phi) is 5.10. The van der Waals surface area contributed by atoms with Crippen LogP contribution in [0.15, 0.2) is 40.9 Å². The van der Waals surface area contributed by atoms with Crippen LogP contribution in [0.1, 0.15) is 40.4 Å². The van der Waals surface area contributed by atoms with E-state index in [0.717, 1.165) is 29.7 Å². The maximum atomic E-state index is 14.0. The molecular weight excluding hydrogens is 425 g/mol. The van der Waals surface area contributed by atoms with E-state index in [4.69, 9.17) is 0 Å². The largest absolute Gasteiger partial charge is 0.336 e. The topological polar surface area (TPSA) is 52.7 Å². The van der Waals surface area contributed by atoms with Crippen molar-refractivity contribution in [1.82, 2.24) is 10.2 Å². The molecule has 0 aliphatic carbocycles. The smallest absolute Gasteiger partial charge is 0.322 e. The Bertz CT molecular complexity index is 949. The molecule has 2 heterocycles. The molecule has 4 rings (SSSR count). The fourth-order valence-corrected chi connectivity index (χ4v) is 4.28. The number of hydrogen-bond acceptors (Lipinski definition) is 2. The third-order valence-corrected chi connectivity index (χ3v) is 6.08. The van der Waals surface area contributed by atoms with Gasteiger partial charge in [-0.15, -0.1) is 0 Å². The predicted molar refractivity (Wildman–Crippen MR) is 109 cm³/mol. The molecule has 3 amide bonds. The van der Waals surface area contributed by atoms with Gasteiger partial charge < -0.3 is 10.2 Å². The van der Waals surface area contributed by atoms with Crippen molar-refractivity contribution < 1.29 is 14.0 Å². The van der Waals surface area contributed by atoms with E-state index in [2.05, 4.69) is 21.2 Å². The van der Waals surface area contributed by atoms with Crippen LogP contribution in [-0.4, -0.2) is 36.5 Å². The van der Waals surface area contributed by atoms with Crippen molar-refractivity contribution >= 4 is 33.6 Å². The molecule has 5 nitrogen and oxygen atoms in total. The van der Waals surface area contributed by atoms with Crippen LogP contribution in [0.25, 0.3) is 0 Å². The summed E-state index contributed by atoms with van der Waals surface area (Å²) in [4.78, 5) is 28.6. The van der Waals surface area contributed by atoms with Gasteiger partial charge in [0.05, 0.1) is 10.5 Å². The number of amides is 3. The van der Waals surface area contributed by atoms with E-state index in [1.165, 1.54) is 6.07 Å². The van der Waals surface area contributed by atoms with Crippen molar-refractivity contribution in [3.8, 4) is 0 Å². The van der Waals surface area contributed by atoms with Crippen LogP contribution in [0.3, 0.4) is 0 Å². The highest BCUT2D eigenvalue weighted by atomic mass is 79.9. The summed E-state index contributed by atoms with van der Waals surface area (Å²) in [5, 5.41) is 2.79. The zero-order valence-corrected chi connectivity index (χ0v) is 17.1. The van der Waals surface area contributed by atoms with Gasteiger partial charge in [-0.05, 0) is 77.2 Å². The Morgan fingerprint density at radius 1 is 1.21 bits per heavy atom. The van der Waals surface area contributed by atoms with Gasteiger partial charge in [0, 0.05) is 30.9 Å². The number of urea groups is 1. The maximum Gasteiger partial charge on any atom is 0.322 e. The molecule has 2 aromatic rings. The predicted octanol–water partition coefficient (Wildman–Crippen LogP) is 4.40. The normalized spacial score (nSPS) is 19.2. The average Bonchev–Trinajstić information content (AvgIpc) is 3.32. The van der Waals surface area contributed by atoms with E-state index < -0.39 is 0 Å². The molecule has 2 aliphatic rings.